The molecule has 0 saturated carbocycles. The summed E-state index contributed by atoms with van der Waals surface area (Å²) in [6.45, 7) is 4.66. The van der Waals surface area contributed by atoms with Gasteiger partial charge in [0.2, 0.25) is 0 Å². The van der Waals surface area contributed by atoms with Crippen molar-refractivity contribution in [1.82, 2.24) is 19.9 Å². The number of aromatic nitrogens is 4. The highest BCUT2D eigenvalue weighted by Crippen LogP contribution is 2.50. The molecule has 4 nitrogen and oxygen atoms in total. The lowest BCUT2D eigenvalue weighted by Gasteiger charge is -2.22. The number of nitrogens with zero attached hydrogens (tertiary/aromatic N) is 4. The van der Waals surface area contributed by atoms with Crippen molar-refractivity contribution in [2.24, 2.45) is 0 Å². The second kappa shape index (κ2) is 13.8. The molecule has 0 fully saturated rings. The standard InChI is InChI=1S/C55H38N4/c1-55(2)48-23-12-11-22-44(48)46-32-47-45(33-50(56-51(47)34-49(46)55)42-29-26-35-14-9-10-19-40(35)30-42)37-27-24-36(25-28-37)41-20-13-21-43(31-41)54-58-52(38-15-5-3-6-16-38)57-53(59-54)39-17-7-4-8-18-39/h3-34H,1-2H3. The number of hydrogen-bond acceptors (Lipinski definition) is 4. The Hall–Kier alpha value is -7.56. The molecule has 278 valence electrons. The lowest BCUT2D eigenvalue weighted by Crippen LogP contribution is -2.14. The minimum Gasteiger partial charge on any atom is -0.248 e. The molecule has 4 heteroatoms. The molecule has 2 aromatic heterocycles. The Morgan fingerprint density at radius 3 is 1.63 bits per heavy atom. The van der Waals surface area contributed by atoms with Crippen LogP contribution < -0.4 is 0 Å². The quantitative estimate of drug-likeness (QED) is 0.170. The van der Waals surface area contributed by atoms with Gasteiger partial charge in [-0.1, -0.05) is 178 Å². The molecule has 0 aliphatic heterocycles. The van der Waals surface area contributed by atoms with E-state index >= 15 is 0 Å². The normalized spacial score (nSPS) is 12.7. The molecule has 0 bridgehead atoms. The predicted molar refractivity (Wildman–Crippen MR) is 243 cm³/mol. The van der Waals surface area contributed by atoms with E-state index in [4.69, 9.17) is 19.9 Å². The Bertz CT molecular complexity index is 3170. The summed E-state index contributed by atoms with van der Waals surface area (Å²) in [6.07, 6.45) is 0. The molecule has 8 aromatic carbocycles. The maximum atomic E-state index is 5.38. The first-order valence-electron chi connectivity index (χ1n) is 20.1. The number of benzene rings is 8. The zero-order chi connectivity index (χ0) is 39.5. The summed E-state index contributed by atoms with van der Waals surface area (Å²) in [5.74, 6) is 1.93. The lowest BCUT2D eigenvalue weighted by atomic mass is 9.82. The van der Waals surface area contributed by atoms with E-state index in [1.165, 1.54) is 33.0 Å². The van der Waals surface area contributed by atoms with E-state index in [2.05, 4.69) is 147 Å². The molecule has 0 atom stereocenters. The Morgan fingerprint density at radius 2 is 0.898 bits per heavy atom. The molecular weight excluding hydrogens is 717 g/mol. The smallest absolute Gasteiger partial charge is 0.164 e. The van der Waals surface area contributed by atoms with Crippen LogP contribution in [0.15, 0.2) is 194 Å². The first kappa shape index (κ1) is 34.7. The topological polar surface area (TPSA) is 51.6 Å². The Balaban J connectivity index is 1.02. The fourth-order valence-electron chi connectivity index (χ4n) is 8.77. The van der Waals surface area contributed by atoms with Crippen LogP contribution in [0, 0.1) is 0 Å². The monoisotopic (exact) mass is 754 g/mol. The van der Waals surface area contributed by atoms with Gasteiger partial charge in [-0.25, -0.2) is 19.9 Å². The average molecular weight is 755 g/mol. The maximum Gasteiger partial charge on any atom is 0.164 e. The molecular formula is C55H38N4. The second-order valence-electron chi connectivity index (χ2n) is 15.9. The fraction of sp³-hybridized carbons (Fsp3) is 0.0545. The van der Waals surface area contributed by atoms with Gasteiger partial charge in [-0.15, -0.1) is 0 Å². The molecule has 1 aliphatic rings. The van der Waals surface area contributed by atoms with Gasteiger partial charge in [0.25, 0.3) is 0 Å². The van der Waals surface area contributed by atoms with Crippen molar-refractivity contribution in [3.8, 4) is 78.8 Å². The minimum atomic E-state index is -0.120. The van der Waals surface area contributed by atoms with Gasteiger partial charge in [0, 0.05) is 33.1 Å². The average Bonchev–Trinajstić information content (AvgIpc) is 3.53. The van der Waals surface area contributed by atoms with Crippen LogP contribution in [0.1, 0.15) is 25.0 Å². The van der Waals surface area contributed by atoms with Crippen LogP contribution in [0.4, 0.5) is 0 Å². The molecule has 0 unspecified atom stereocenters. The SMILES string of the molecule is CC1(C)c2ccccc2-c2cc3c(-c4ccc(-c5cccc(-c6nc(-c7ccccc7)nc(-c7ccccc7)n6)c5)cc4)cc(-c4ccc5ccccc5c4)nc3cc21. The van der Waals surface area contributed by atoms with Crippen LogP contribution in [0.5, 0.6) is 0 Å². The summed E-state index contributed by atoms with van der Waals surface area (Å²) in [5.41, 5.74) is 15.6. The zero-order valence-corrected chi connectivity index (χ0v) is 32.8. The summed E-state index contributed by atoms with van der Waals surface area (Å²) >= 11 is 0. The molecule has 10 aromatic rings. The van der Waals surface area contributed by atoms with E-state index < -0.39 is 0 Å². The summed E-state index contributed by atoms with van der Waals surface area (Å²) in [5, 5.41) is 3.57. The Kier molecular flexibility index (Phi) is 8.12. The van der Waals surface area contributed by atoms with Gasteiger partial charge in [0.1, 0.15) is 0 Å². The van der Waals surface area contributed by atoms with Crippen molar-refractivity contribution < 1.29 is 0 Å². The van der Waals surface area contributed by atoms with E-state index in [1.807, 2.05) is 60.7 Å². The van der Waals surface area contributed by atoms with E-state index in [0.29, 0.717) is 17.5 Å². The van der Waals surface area contributed by atoms with E-state index in [-0.39, 0.29) is 5.41 Å². The first-order valence-corrected chi connectivity index (χ1v) is 20.1. The summed E-state index contributed by atoms with van der Waals surface area (Å²) in [4.78, 5) is 20.2. The fourth-order valence-corrected chi connectivity index (χ4v) is 8.77. The Morgan fingerprint density at radius 1 is 0.322 bits per heavy atom. The predicted octanol–water partition coefficient (Wildman–Crippen LogP) is 13.9. The van der Waals surface area contributed by atoms with Crippen molar-refractivity contribution in [1.29, 1.82) is 0 Å². The molecule has 2 heterocycles. The van der Waals surface area contributed by atoms with E-state index in [1.54, 1.807) is 0 Å². The summed E-state index contributed by atoms with van der Waals surface area (Å²) in [7, 11) is 0. The summed E-state index contributed by atoms with van der Waals surface area (Å²) < 4.78 is 0. The van der Waals surface area contributed by atoms with Crippen LogP contribution in [-0.2, 0) is 5.41 Å². The third-order valence-corrected chi connectivity index (χ3v) is 11.9. The largest absolute Gasteiger partial charge is 0.248 e. The molecule has 0 saturated heterocycles. The lowest BCUT2D eigenvalue weighted by molar-refractivity contribution is 0.661. The van der Waals surface area contributed by atoms with Crippen LogP contribution in [0.3, 0.4) is 0 Å². The van der Waals surface area contributed by atoms with Crippen LogP contribution in [0.25, 0.3) is 100 Å². The van der Waals surface area contributed by atoms with Gasteiger partial charge >= 0.3 is 0 Å². The second-order valence-corrected chi connectivity index (χ2v) is 15.9. The maximum absolute atomic E-state index is 5.38. The van der Waals surface area contributed by atoms with Crippen LogP contribution in [0.2, 0.25) is 0 Å². The van der Waals surface area contributed by atoms with Gasteiger partial charge in [0.05, 0.1) is 11.2 Å². The van der Waals surface area contributed by atoms with E-state index in [9.17, 15) is 0 Å². The molecule has 0 amide bonds. The number of hydrogen-bond donors (Lipinski definition) is 0. The van der Waals surface area contributed by atoms with Gasteiger partial charge in [0.15, 0.2) is 17.5 Å². The van der Waals surface area contributed by atoms with E-state index in [0.717, 1.165) is 61.1 Å². The van der Waals surface area contributed by atoms with Gasteiger partial charge < -0.3 is 0 Å². The third-order valence-electron chi connectivity index (χ3n) is 11.9. The highest BCUT2D eigenvalue weighted by Gasteiger charge is 2.35. The van der Waals surface area contributed by atoms with Crippen LogP contribution >= 0.6 is 0 Å². The number of fused-ring (bicyclic) bond motifs is 5. The number of rotatable bonds is 6. The summed E-state index contributed by atoms with van der Waals surface area (Å²) in [6, 6.07) is 68.6. The molecule has 0 N–H and O–H groups in total. The van der Waals surface area contributed by atoms with Crippen molar-refractivity contribution in [3.63, 3.8) is 0 Å². The van der Waals surface area contributed by atoms with Crippen molar-refractivity contribution >= 4 is 21.7 Å². The number of pyridine rings is 1. The minimum absolute atomic E-state index is 0.120. The van der Waals surface area contributed by atoms with Crippen molar-refractivity contribution in [2.45, 2.75) is 19.3 Å². The zero-order valence-electron chi connectivity index (χ0n) is 32.8. The third kappa shape index (κ3) is 6.09. The van der Waals surface area contributed by atoms with Crippen LogP contribution in [-0.4, -0.2) is 19.9 Å². The molecule has 0 spiro atoms. The Labute approximate surface area is 343 Å². The molecule has 59 heavy (non-hydrogen) atoms. The molecule has 0 radical (unpaired) electrons. The first-order chi connectivity index (χ1) is 29.0. The molecule has 11 rings (SSSR count). The highest BCUT2D eigenvalue weighted by atomic mass is 15.0. The van der Waals surface area contributed by atoms with Gasteiger partial charge in [-0.05, 0) is 85.6 Å². The molecule has 1 aliphatic carbocycles. The van der Waals surface area contributed by atoms with Crippen molar-refractivity contribution in [2.75, 3.05) is 0 Å². The highest BCUT2D eigenvalue weighted by molar-refractivity contribution is 6.02. The van der Waals surface area contributed by atoms with Gasteiger partial charge in [-0.3, -0.25) is 0 Å². The van der Waals surface area contributed by atoms with Crippen molar-refractivity contribution in [3.05, 3.63) is 205 Å². The van der Waals surface area contributed by atoms with Gasteiger partial charge in [-0.2, -0.15) is 0 Å².